The maximum atomic E-state index is 12.8. The first-order chi connectivity index (χ1) is 14.0. The van der Waals surface area contributed by atoms with Crippen LogP contribution in [-0.2, 0) is 4.79 Å². The Bertz CT molecular complexity index is 988. The van der Waals surface area contributed by atoms with E-state index in [-0.39, 0.29) is 17.7 Å². The average molecular weight is 410 g/mol. The number of para-hydroxylation sites is 1. The summed E-state index contributed by atoms with van der Waals surface area (Å²) in [5.41, 5.74) is 1.30. The molecule has 0 aliphatic heterocycles. The maximum absolute atomic E-state index is 12.8. The lowest BCUT2D eigenvalue weighted by molar-refractivity contribution is -0.118. The smallest absolute Gasteiger partial charge is 0.255 e. The van der Waals surface area contributed by atoms with Gasteiger partial charge < -0.3 is 10.1 Å². The molecule has 1 heterocycles. The van der Waals surface area contributed by atoms with E-state index in [0.717, 1.165) is 5.56 Å². The van der Waals surface area contributed by atoms with Crippen molar-refractivity contribution in [3.8, 4) is 16.3 Å². The number of nitrogens with one attached hydrogen (secondary N) is 2. The molecule has 0 unspecified atom stereocenters. The molecule has 2 N–H and O–H groups in total. The summed E-state index contributed by atoms with van der Waals surface area (Å²) in [5, 5.41) is 14.8. The van der Waals surface area contributed by atoms with Crippen LogP contribution in [0.25, 0.3) is 10.6 Å². The zero-order chi connectivity index (χ0) is 20.8. The summed E-state index contributed by atoms with van der Waals surface area (Å²) in [7, 11) is 1.50. The third-order valence-corrected chi connectivity index (χ3v) is 5.15. The van der Waals surface area contributed by atoms with Gasteiger partial charge in [-0.1, -0.05) is 67.6 Å². The van der Waals surface area contributed by atoms with E-state index in [4.69, 9.17) is 4.74 Å². The molecule has 1 aromatic heterocycles. The van der Waals surface area contributed by atoms with Crippen molar-refractivity contribution in [3.05, 3.63) is 60.2 Å². The fraction of sp³-hybridized carbons (Fsp3) is 0.238. The number of rotatable bonds is 7. The Morgan fingerprint density at radius 3 is 2.38 bits per heavy atom. The number of benzene rings is 2. The summed E-state index contributed by atoms with van der Waals surface area (Å²) in [6, 6.07) is 15.7. The van der Waals surface area contributed by atoms with Crippen LogP contribution in [-0.4, -0.2) is 35.2 Å². The zero-order valence-electron chi connectivity index (χ0n) is 16.4. The molecule has 3 aromatic rings. The molecular weight excluding hydrogens is 388 g/mol. The molecule has 7 nitrogen and oxygen atoms in total. The van der Waals surface area contributed by atoms with Crippen LogP contribution in [0.4, 0.5) is 5.13 Å². The fourth-order valence-electron chi connectivity index (χ4n) is 2.74. The van der Waals surface area contributed by atoms with Gasteiger partial charge in [0.1, 0.15) is 16.8 Å². The minimum Gasteiger partial charge on any atom is -0.496 e. The maximum Gasteiger partial charge on any atom is 0.255 e. The third kappa shape index (κ3) is 4.97. The van der Waals surface area contributed by atoms with Crippen LogP contribution in [0.3, 0.4) is 0 Å². The van der Waals surface area contributed by atoms with Crippen LogP contribution < -0.4 is 15.4 Å². The highest BCUT2D eigenvalue weighted by atomic mass is 32.1. The molecule has 8 heteroatoms. The van der Waals surface area contributed by atoms with Crippen molar-refractivity contribution in [2.75, 3.05) is 12.4 Å². The van der Waals surface area contributed by atoms with E-state index < -0.39 is 6.04 Å². The summed E-state index contributed by atoms with van der Waals surface area (Å²) in [5.74, 6) is -0.405. The molecular formula is C21H22N4O3S. The Morgan fingerprint density at radius 2 is 1.69 bits per heavy atom. The first-order valence-electron chi connectivity index (χ1n) is 9.13. The van der Waals surface area contributed by atoms with E-state index in [1.165, 1.54) is 18.4 Å². The quantitative estimate of drug-likeness (QED) is 0.621. The van der Waals surface area contributed by atoms with Crippen molar-refractivity contribution in [2.24, 2.45) is 5.92 Å². The number of amides is 2. The number of carbonyl (C=O) groups excluding carboxylic acids is 2. The molecule has 0 fully saturated rings. The van der Waals surface area contributed by atoms with Crippen LogP contribution in [0.15, 0.2) is 54.6 Å². The predicted molar refractivity (Wildman–Crippen MR) is 113 cm³/mol. The highest BCUT2D eigenvalue weighted by molar-refractivity contribution is 7.18. The second kappa shape index (κ2) is 9.29. The molecule has 3 rings (SSSR count). The molecule has 0 aliphatic rings. The van der Waals surface area contributed by atoms with Gasteiger partial charge in [0.15, 0.2) is 0 Å². The molecule has 0 saturated heterocycles. The van der Waals surface area contributed by atoms with Crippen LogP contribution in [0, 0.1) is 5.92 Å². The lowest BCUT2D eigenvalue weighted by Gasteiger charge is -2.21. The minimum atomic E-state index is -0.739. The van der Waals surface area contributed by atoms with Gasteiger partial charge in [0.25, 0.3) is 5.91 Å². The highest BCUT2D eigenvalue weighted by Gasteiger charge is 2.26. The van der Waals surface area contributed by atoms with E-state index in [0.29, 0.717) is 21.5 Å². The standard InChI is InChI=1S/C21H22N4O3S/c1-13(2)17(22-18(26)15-11-7-8-12-16(15)28-3)19(27)23-21-25-24-20(29-21)14-9-5-4-6-10-14/h4-13,17H,1-3H3,(H,22,26)(H,23,25,27)/t17-/m0/s1. The zero-order valence-corrected chi connectivity index (χ0v) is 17.2. The summed E-state index contributed by atoms with van der Waals surface area (Å²) in [4.78, 5) is 25.5. The van der Waals surface area contributed by atoms with E-state index in [1.807, 2.05) is 44.2 Å². The van der Waals surface area contributed by atoms with Crippen molar-refractivity contribution < 1.29 is 14.3 Å². The highest BCUT2D eigenvalue weighted by Crippen LogP contribution is 2.26. The number of hydrogen-bond acceptors (Lipinski definition) is 6. The van der Waals surface area contributed by atoms with E-state index in [9.17, 15) is 9.59 Å². The van der Waals surface area contributed by atoms with Crippen molar-refractivity contribution in [1.29, 1.82) is 0 Å². The van der Waals surface area contributed by atoms with Gasteiger partial charge in [0.05, 0.1) is 12.7 Å². The van der Waals surface area contributed by atoms with Crippen LogP contribution in [0.2, 0.25) is 0 Å². The molecule has 0 radical (unpaired) electrons. The summed E-state index contributed by atoms with van der Waals surface area (Å²) in [6.07, 6.45) is 0. The number of nitrogens with zero attached hydrogens (tertiary/aromatic N) is 2. The summed E-state index contributed by atoms with van der Waals surface area (Å²) in [6.45, 7) is 3.73. The summed E-state index contributed by atoms with van der Waals surface area (Å²) < 4.78 is 5.23. The minimum absolute atomic E-state index is 0.129. The van der Waals surface area contributed by atoms with Crippen molar-refractivity contribution >= 4 is 28.3 Å². The lowest BCUT2D eigenvalue weighted by Crippen LogP contribution is -2.47. The van der Waals surface area contributed by atoms with Crippen LogP contribution in [0.1, 0.15) is 24.2 Å². The van der Waals surface area contributed by atoms with Crippen molar-refractivity contribution in [2.45, 2.75) is 19.9 Å². The van der Waals surface area contributed by atoms with Gasteiger partial charge in [-0.15, -0.1) is 10.2 Å². The van der Waals surface area contributed by atoms with Gasteiger partial charge in [-0.2, -0.15) is 0 Å². The largest absolute Gasteiger partial charge is 0.496 e. The molecule has 0 bridgehead atoms. The SMILES string of the molecule is COc1ccccc1C(=O)N[C@H](C(=O)Nc1nnc(-c2ccccc2)s1)C(C)C. The molecule has 2 aromatic carbocycles. The molecule has 1 atom stereocenters. The Hall–Kier alpha value is -3.26. The number of anilines is 1. The van der Waals surface area contributed by atoms with Crippen molar-refractivity contribution in [1.82, 2.24) is 15.5 Å². The molecule has 2 amide bonds. The number of methoxy groups -OCH3 is 1. The number of hydrogen-bond donors (Lipinski definition) is 2. The van der Waals surface area contributed by atoms with Gasteiger partial charge in [-0.3, -0.25) is 14.9 Å². The molecule has 0 saturated carbocycles. The van der Waals surface area contributed by atoms with Crippen molar-refractivity contribution in [3.63, 3.8) is 0 Å². The monoisotopic (exact) mass is 410 g/mol. The Labute approximate surface area is 173 Å². The van der Waals surface area contributed by atoms with Gasteiger partial charge in [-0.25, -0.2) is 0 Å². The molecule has 29 heavy (non-hydrogen) atoms. The number of aromatic nitrogens is 2. The van der Waals surface area contributed by atoms with E-state index in [2.05, 4.69) is 20.8 Å². The van der Waals surface area contributed by atoms with E-state index >= 15 is 0 Å². The molecule has 0 aliphatic carbocycles. The topological polar surface area (TPSA) is 93.2 Å². The second-order valence-electron chi connectivity index (χ2n) is 6.66. The summed E-state index contributed by atoms with van der Waals surface area (Å²) >= 11 is 1.28. The Morgan fingerprint density at radius 1 is 1.00 bits per heavy atom. The predicted octanol–water partition coefficient (Wildman–Crippen LogP) is 3.61. The van der Waals surface area contributed by atoms with Gasteiger partial charge in [-0.05, 0) is 18.1 Å². The number of ether oxygens (including phenoxy) is 1. The number of carbonyl (C=O) groups is 2. The fourth-order valence-corrected chi connectivity index (χ4v) is 3.49. The van der Waals surface area contributed by atoms with Crippen LogP contribution in [0.5, 0.6) is 5.75 Å². The van der Waals surface area contributed by atoms with Gasteiger partial charge >= 0.3 is 0 Å². The second-order valence-corrected chi connectivity index (χ2v) is 7.64. The average Bonchev–Trinajstić information content (AvgIpc) is 3.20. The molecule has 0 spiro atoms. The Kier molecular flexibility index (Phi) is 6.56. The van der Waals surface area contributed by atoms with Gasteiger partial charge in [0, 0.05) is 5.56 Å². The molecule has 150 valence electrons. The van der Waals surface area contributed by atoms with Gasteiger partial charge in [0.2, 0.25) is 11.0 Å². The van der Waals surface area contributed by atoms with E-state index in [1.54, 1.807) is 24.3 Å². The normalized spacial score (nSPS) is 11.7. The first kappa shape index (κ1) is 20.5. The lowest BCUT2D eigenvalue weighted by atomic mass is 10.0. The Balaban J connectivity index is 1.72. The first-order valence-corrected chi connectivity index (χ1v) is 9.95. The van der Waals surface area contributed by atoms with Crippen LogP contribution >= 0.6 is 11.3 Å². The third-order valence-electron chi connectivity index (χ3n) is 4.26.